The van der Waals surface area contributed by atoms with E-state index in [2.05, 4.69) is 15.3 Å². The molecule has 0 aliphatic carbocycles. The zero-order valence-corrected chi connectivity index (χ0v) is 8.43. The van der Waals surface area contributed by atoms with Gasteiger partial charge in [0.15, 0.2) is 5.69 Å². The van der Waals surface area contributed by atoms with E-state index >= 15 is 0 Å². The number of hydrogen-bond donors (Lipinski definition) is 2. The van der Waals surface area contributed by atoms with Crippen LogP contribution in [0.1, 0.15) is 17.4 Å². The van der Waals surface area contributed by atoms with Crippen molar-refractivity contribution in [1.29, 1.82) is 0 Å². The highest BCUT2D eigenvalue weighted by Gasteiger charge is 2.03. The van der Waals surface area contributed by atoms with Crippen molar-refractivity contribution in [3.05, 3.63) is 18.1 Å². The van der Waals surface area contributed by atoms with Gasteiger partial charge in [-0.3, -0.25) is 0 Å². The van der Waals surface area contributed by atoms with Gasteiger partial charge in [0, 0.05) is 13.2 Å². The van der Waals surface area contributed by atoms with Crippen LogP contribution in [-0.2, 0) is 4.74 Å². The first-order valence-electron chi connectivity index (χ1n) is 4.61. The minimum Gasteiger partial charge on any atom is -0.476 e. The van der Waals surface area contributed by atoms with Gasteiger partial charge in [0.05, 0.1) is 19.0 Å². The molecule has 0 saturated carbocycles. The maximum Gasteiger partial charge on any atom is 0.356 e. The molecule has 1 rings (SSSR count). The standard InChI is InChI=1S/C9H13N3O3/c1-2-15-4-3-10-8-6-11-7(5-12-8)9(13)14/h5-6H,2-4H2,1H3,(H,10,12)(H,13,14). The monoisotopic (exact) mass is 211 g/mol. The van der Waals surface area contributed by atoms with Gasteiger partial charge in [0.1, 0.15) is 5.82 Å². The molecule has 0 unspecified atom stereocenters. The van der Waals surface area contributed by atoms with E-state index in [0.29, 0.717) is 25.6 Å². The summed E-state index contributed by atoms with van der Waals surface area (Å²) in [6, 6.07) is 0. The first-order valence-corrected chi connectivity index (χ1v) is 4.61. The molecule has 2 N–H and O–H groups in total. The van der Waals surface area contributed by atoms with Crippen molar-refractivity contribution in [2.75, 3.05) is 25.1 Å². The Hall–Kier alpha value is -1.69. The predicted octanol–water partition coefficient (Wildman–Crippen LogP) is 0.623. The van der Waals surface area contributed by atoms with Crippen LogP contribution in [0.15, 0.2) is 12.4 Å². The molecule has 0 fully saturated rings. The van der Waals surface area contributed by atoms with E-state index in [4.69, 9.17) is 9.84 Å². The second kappa shape index (κ2) is 5.92. The average Bonchev–Trinajstić information content (AvgIpc) is 2.25. The van der Waals surface area contributed by atoms with Gasteiger partial charge < -0.3 is 15.2 Å². The molecule has 0 saturated heterocycles. The van der Waals surface area contributed by atoms with E-state index in [0.717, 1.165) is 0 Å². The summed E-state index contributed by atoms with van der Waals surface area (Å²) >= 11 is 0. The highest BCUT2D eigenvalue weighted by Crippen LogP contribution is 2.00. The van der Waals surface area contributed by atoms with Crippen LogP contribution < -0.4 is 5.32 Å². The molecular formula is C9H13N3O3. The van der Waals surface area contributed by atoms with Crippen molar-refractivity contribution >= 4 is 11.8 Å². The highest BCUT2D eigenvalue weighted by molar-refractivity contribution is 5.84. The Labute approximate surface area is 87.3 Å². The number of carboxylic acid groups (broad SMARTS) is 1. The van der Waals surface area contributed by atoms with Crippen molar-refractivity contribution in [1.82, 2.24) is 9.97 Å². The summed E-state index contributed by atoms with van der Waals surface area (Å²) in [7, 11) is 0. The molecule has 0 bridgehead atoms. The number of aromatic carboxylic acids is 1. The molecule has 0 aliphatic heterocycles. The topological polar surface area (TPSA) is 84.3 Å². The third-order valence-electron chi connectivity index (χ3n) is 1.63. The van der Waals surface area contributed by atoms with Crippen molar-refractivity contribution < 1.29 is 14.6 Å². The zero-order chi connectivity index (χ0) is 11.1. The van der Waals surface area contributed by atoms with E-state index in [1.54, 1.807) is 0 Å². The third-order valence-corrected chi connectivity index (χ3v) is 1.63. The van der Waals surface area contributed by atoms with E-state index in [9.17, 15) is 4.79 Å². The molecule has 0 atom stereocenters. The van der Waals surface area contributed by atoms with Crippen LogP contribution in [0.3, 0.4) is 0 Å². The average molecular weight is 211 g/mol. The summed E-state index contributed by atoms with van der Waals surface area (Å²) in [4.78, 5) is 18.1. The molecule has 0 aliphatic rings. The van der Waals surface area contributed by atoms with E-state index < -0.39 is 5.97 Å². The van der Waals surface area contributed by atoms with E-state index in [1.807, 2.05) is 6.92 Å². The first-order chi connectivity index (χ1) is 7.24. The summed E-state index contributed by atoms with van der Waals surface area (Å²) in [6.07, 6.45) is 2.60. The second-order valence-corrected chi connectivity index (χ2v) is 2.72. The maximum absolute atomic E-state index is 10.5. The molecule has 0 spiro atoms. The normalized spacial score (nSPS) is 9.93. The number of anilines is 1. The van der Waals surface area contributed by atoms with Gasteiger partial charge in [-0.15, -0.1) is 0 Å². The van der Waals surface area contributed by atoms with Crippen LogP contribution in [-0.4, -0.2) is 40.8 Å². The van der Waals surface area contributed by atoms with Crippen molar-refractivity contribution in [2.45, 2.75) is 6.92 Å². The molecule has 0 amide bonds. The summed E-state index contributed by atoms with van der Waals surface area (Å²) in [5.41, 5.74) is -0.0645. The maximum atomic E-state index is 10.5. The Bertz CT molecular complexity index is 313. The quantitative estimate of drug-likeness (QED) is 0.671. The molecule has 6 heteroatoms. The number of aromatic nitrogens is 2. The Morgan fingerprint density at radius 1 is 1.53 bits per heavy atom. The van der Waals surface area contributed by atoms with Gasteiger partial charge in [-0.2, -0.15) is 0 Å². The number of carboxylic acids is 1. The van der Waals surface area contributed by atoms with Crippen molar-refractivity contribution in [3.8, 4) is 0 Å². The lowest BCUT2D eigenvalue weighted by Gasteiger charge is -2.04. The molecular weight excluding hydrogens is 198 g/mol. The van der Waals surface area contributed by atoms with Crippen LogP contribution in [0.4, 0.5) is 5.82 Å². The summed E-state index contributed by atoms with van der Waals surface area (Å²) in [5, 5.41) is 11.5. The molecule has 1 aromatic heterocycles. The van der Waals surface area contributed by atoms with Gasteiger partial charge in [-0.1, -0.05) is 0 Å². The molecule has 1 aromatic rings. The molecule has 6 nitrogen and oxygen atoms in total. The Balaban J connectivity index is 2.39. The van der Waals surface area contributed by atoms with Crippen LogP contribution in [0.25, 0.3) is 0 Å². The fourth-order valence-electron chi connectivity index (χ4n) is 0.925. The predicted molar refractivity (Wildman–Crippen MR) is 54.0 cm³/mol. The molecule has 0 aromatic carbocycles. The largest absolute Gasteiger partial charge is 0.476 e. The SMILES string of the molecule is CCOCCNc1cnc(C(=O)O)cn1. The molecule has 1 heterocycles. The van der Waals surface area contributed by atoms with Gasteiger partial charge in [0.2, 0.25) is 0 Å². The van der Waals surface area contributed by atoms with Crippen molar-refractivity contribution in [3.63, 3.8) is 0 Å². The van der Waals surface area contributed by atoms with E-state index in [1.165, 1.54) is 12.4 Å². The number of hydrogen-bond acceptors (Lipinski definition) is 5. The fourth-order valence-corrected chi connectivity index (χ4v) is 0.925. The lowest BCUT2D eigenvalue weighted by Crippen LogP contribution is -2.11. The number of carbonyl (C=O) groups is 1. The zero-order valence-electron chi connectivity index (χ0n) is 8.43. The number of nitrogens with zero attached hydrogens (tertiary/aromatic N) is 2. The molecule has 0 radical (unpaired) electrons. The number of ether oxygens (including phenoxy) is 1. The van der Waals surface area contributed by atoms with Gasteiger partial charge in [0.25, 0.3) is 0 Å². The van der Waals surface area contributed by atoms with Crippen LogP contribution in [0.2, 0.25) is 0 Å². The molecule has 15 heavy (non-hydrogen) atoms. The third kappa shape index (κ3) is 3.90. The lowest BCUT2D eigenvalue weighted by atomic mass is 10.4. The fraction of sp³-hybridized carbons (Fsp3) is 0.444. The minimum absolute atomic E-state index is 0.0645. The summed E-state index contributed by atoms with van der Waals surface area (Å²) < 4.78 is 5.11. The van der Waals surface area contributed by atoms with E-state index in [-0.39, 0.29) is 5.69 Å². The van der Waals surface area contributed by atoms with Crippen LogP contribution >= 0.6 is 0 Å². The lowest BCUT2D eigenvalue weighted by molar-refractivity contribution is 0.0690. The first kappa shape index (κ1) is 11.4. The van der Waals surface area contributed by atoms with Crippen molar-refractivity contribution in [2.24, 2.45) is 0 Å². The van der Waals surface area contributed by atoms with Crippen LogP contribution in [0, 0.1) is 0 Å². The smallest absolute Gasteiger partial charge is 0.356 e. The summed E-state index contributed by atoms with van der Waals surface area (Å²) in [6.45, 7) is 3.79. The van der Waals surface area contributed by atoms with Gasteiger partial charge in [-0.05, 0) is 6.92 Å². The highest BCUT2D eigenvalue weighted by atomic mass is 16.5. The number of rotatable bonds is 6. The Morgan fingerprint density at radius 3 is 2.87 bits per heavy atom. The Morgan fingerprint density at radius 2 is 2.33 bits per heavy atom. The minimum atomic E-state index is -1.08. The number of nitrogens with one attached hydrogen (secondary N) is 1. The van der Waals surface area contributed by atoms with Gasteiger partial charge >= 0.3 is 5.97 Å². The molecule has 82 valence electrons. The van der Waals surface area contributed by atoms with Crippen LogP contribution in [0.5, 0.6) is 0 Å². The summed E-state index contributed by atoms with van der Waals surface area (Å²) in [5.74, 6) is -0.539. The second-order valence-electron chi connectivity index (χ2n) is 2.72. The Kier molecular flexibility index (Phi) is 4.49. The van der Waals surface area contributed by atoms with Gasteiger partial charge in [-0.25, -0.2) is 14.8 Å².